The number of nitrogens with zero attached hydrogens (tertiary/aromatic N) is 4. The van der Waals surface area contributed by atoms with E-state index in [1.807, 2.05) is 23.8 Å². The highest BCUT2D eigenvalue weighted by Gasteiger charge is 2.06. The van der Waals surface area contributed by atoms with Crippen LogP contribution in [0.1, 0.15) is 31.9 Å². The Morgan fingerprint density at radius 1 is 1.28 bits per heavy atom. The van der Waals surface area contributed by atoms with Crippen LogP contribution < -0.4 is 5.32 Å². The maximum atomic E-state index is 4.54. The second-order valence-electron chi connectivity index (χ2n) is 4.15. The highest BCUT2D eigenvalue weighted by atomic mass is 15.1. The van der Waals surface area contributed by atoms with Gasteiger partial charge in [0.15, 0.2) is 0 Å². The Labute approximate surface area is 107 Å². The largest absolute Gasteiger partial charge is 0.370 e. The number of hydrogen-bond acceptors (Lipinski definition) is 4. The van der Waals surface area contributed by atoms with E-state index >= 15 is 0 Å². The Morgan fingerprint density at radius 2 is 2.11 bits per heavy atom. The van der Waals surface area contributed by atoms with Crippen LogP contribution in [0.3, 0.4) is 0 Å². The minimum absolute atomic E-state index is 0.822. The van der Waals surface area contributed by atoms with Crippen LogP contribution in [-0.4, -0.2) is 26.1 Å². The molecule has 0 saturated carbocycles. The maximum absolute atomic E-state index is 4.54. The molecule has 0 aliphatic rings. The first-order valence-electron chi connectivity index (χ1n) is 6.36. The summed E-state index contributed by atoms with van der Waals surface area (Å²) in [5, 5.41) is 3.31. The van der Waals surface area contributed by atoms with Gasteiger partial charge in [0.2, 0.25) is 0 Å². The van der Waals surface area contributed by atoms with E-state index in [1.165, 1.54) is 0 Å². The van der Waals surface area contributed by atoms with Crippen molar-refractivity contribution in [2.75, 3.05) is 11.9 Å². The fourth-order valence-corrected chi connectivity index (χ4v) is 1.73. The Balaban J connectivity index is 2.38. The molecule has 0 spiro atoms. The fourth-order valence-electron chi connectivity index (χ4n) is 1.73. The van der Waals surface area contributed by atoms with Crippen molar-refractivity contribution in [2.45, 2.75) is 33.6 Å². The summed E-state index contributed by atoms with van der Waals surface area (Å²) in [6, 6.07) is 1.96. The highest BCUT2D eigenvalue weighted by molar-refractivity contribution is 5.42. The number of aromatic nitrogens is 4. The molecule has 0 bridgehead atoms. The number of imidazole rings is 1. The summed E-state index contributed by atoms with van der Waals surface area (Å²) >= 11 is 0. The predicted molar refractivity (Wildman–Crippen MR) is 72.0 cm³/mol. The van der Waals surface area contributed by atoms with Crippen molar-refractivity contribution in [3.63, 3.8) is 0 Å². The van der Waals surface area contributed by atoms with Gasteiger partial charge < -0.3 is 5.32 Å². The molecule has 5 nitrogen and oxygen atoms in total. The van der Waals surface area contributed by atoms with Crippen molar-refractivity contribution in [1.29, 1.82) is 0 Å². The summed E-state index contributed by atoms with van der Waals surface area (Å²) < 4.78 is 1.97. The van der Waals surface area contributed by atoms with Gasteiger partial charge in [-0.1, -0.05) is 13.8 Å². The molecule has 0 amide bonds. The zero-order valence-corrected chi connectivity index (χ0v) is 11.1. The van der Waals surface area contributed by atoms with Gasteiger partial charge in [-0.3, -0.25) is 4.57 Å². The smallest absolute Gasteiger partial charge is 0.143 e. The molecule has 0 aliphatic carbocycles. The minimum Gasteiger partial charge on any atom is -0.370 e. The zero-order chi connectivity index (χ0) is 13.0. The lowest BCUT2D eigenvalue weighted by Crippen LogP contribution is -2.08. The van der Waals surface area contributed by atoms with E-state index in [0.717, 1.165) is 42.7 Å². The van der Waals surface area contributed by atoms with E-state index < -0.39 is 0 Å². The lowest BCUT2D eigenvalue weighted by atomic mass is 10.4. The molecule has 5 heteroatoms. The van der Waals surface area contributed by atoms with E-state index in [4.69, 9.17) is 0 Å². The molecule has 0 unspecified atom stereocenters. The lowest BCUT2D eigenvalue weighted by Gasteiger charge is -2.10. The SMILES string of the molecule is CCCNc1cc(-n2ccnc2C)nc(CC)n1. The van der Waals surface area contributed by atoms with E-state index in [-0.39, 0.29) is 0 Å². The van der Waals surface area contributed by atoms with E-state index in [9.17, 15) is 0 Å². The first kappa shape index (κ1) is 12.5. The van der Waals surface area contributed by atoms with Crippen molar-refractivity contribution in [1.82, 2.24) is 19.5 Å². The Hall–Kier alpha value is -1.91. The van der Waals surface area contributed by atoms with Crippen molar-refractivity contribution in [3.8, 4) is 5.82 Å². The monoisotopic (exact) mass is 245 g/mol. The summed E-state index contributed by atoms with van der Waals surface area (Å²) in [5.41, 5.74) is 0. The van der Waals surface area contributed by atoms with Crippen molar-refractivity contribution in [3.05, 3.63) is 30.1 Å². The van der Waals surface area contributed by atoms with Gasteiger partial charge in [-0.15, -0.1) is 0 Å². The molecule has 2 aromatic rings. The molecule has 1 N–H and O–H groups in total. The first-order chi connectivity index (χ1) is 8.74. The van der Waals surface area contributed by atoms with Crippen molar-refractivity contribution >= 4 is 5.82 Å². The molecule has 0 aromatic carbocycles. The average molecular weight is 245 g/mol. The molecule has 0 atom stereocenters. The zero-order valence-electron chi connectivity index (χ0n) is 11.1. The topological polar surface area (TPSA) is 55.6 Å². The summed E-state index contributed by atoms with van der Waals surface area (Å²) in [5.74, 6) is 3.53. The number of nitrogens with one attached hydrogen (secondary N) is 1. The Kier molecular flexibility index (Phi) is 3.92. The van der Waals surface area contributed by atoms with Crippen LogP contribution in [0.25, 0.3) is 5.82 Å². The molecule has 2 heterocycles. The molecule has 0 fully saturated rings. The molecule has 2 aromatic heterocycles. The van der Waals surface area contributed by atoms with Gasteiger partial charge in [0.25, 0.3) is 0 Å². The number of rotatable bonds is 5. The summed E-state index contributed by atoms with van der Waals surface area (Å²) in [6.45, 7) is 7.08. The standard InChI is InChI=1S/C13H19N5/c1-4-6-15-12-9-13(17-11(5-2)16-12)18-8-7-14-10(18)3/h7-9H,4-6H2,1-3H3,(H,15,16,17). The van der Waals surface area contributed by atoms with E-state index in [1.54, 1.807) is 6.20 Å². The molecular weight excluding hydrogens is 226 g/mol. The fraction of sp³-hybridized carbons (Fsp3) is 0.462. The average Bonchev–Trinajstić information content (AvgIpc) is 2.82. The van der Waals surface area contributed by atoms with Gasteiger partial charge in [0.1, 0.15) is 23.3 Å². The third kappa shape index (κ3) is 2.67. The molecule has 0 saturated heterocycles. The van der Waals surface area contributed by atoms with Gasteiger partial charge in [-0.2, -0.15) is 0 Å². The summed E-state index contributed by atoms with van der Waals surface area (Å²) in [7, 11) is 0. The van der Waals surface area contributed by atoms with Crippen LogP contribution in [0.2, 0.25) is 0 Å². The minimum atomic E-state index is 0.822. The van der Waals surface area contributed by atoms with Crippen LogP contribution in [-0.2, 0) is 6.42 Å². The third-order valence-corrected chi connectivity index (χ3v) is 2.70. The molecular formula is C13H19N5. The van der Waals surface area contributed by atoms with Crippen LogP contribution >= 0.6 is 0 Å². The number of anilines is 1. The molecule has 18 heavy (non-hydrogen) atoms. The van der Waals surface area contributed by atoms with Crippen molar-refractivity contribution < 1.29 is 0 Å². The highest BCUT2D eigenvalue weighted by Crippen LogP contribution is 2.13. The number of hydrogen-bond donors (Lipinski definition) is 1. The molecule has 2 rings (SSSR count). The Morgan fingerprint density at radius 3 is 2.72 bits per heavy atom. The van der Waals surface area contributed by atoms with Gasteiger partial charge >= 0.3 is 0 Å². The first-order valence-corrected chi connectivity index (χ1v) is 6.36. The van der Waals surface area contributed by atoms with Crippen LogP contribution in [0.4, 0.5) is 5.82 Å². The quantitative estimate of drug-likeness (QED) is 0.878. The second-order valence-corrected chi connectivity index (χ2v) is 4.15. The van der Waals surface area contributed by atoms with Crippen molar-refractivity contribution in [2.24, 2.45) is 0 Å². The van der Waals surface area contributed by atoms with E-state index in [0.29, 0.717) is 0 Å². The maximum Gasteiger partial charge on any atom is 0.143 e. The predicted octanol–water partition coefficient (Wildman–Crippen LogP) is 2.36. The number of aryl methyl sites for hydroxylation is 2. The second kappa shape index (κ2) is 5.62. The third-order valence-electron chi connectivity index (χ3n) is 2.70. The van der Waals surface area contributed by atoms with Gasteiger partial charge in [0.05, 0.1) is 0 Å². The van der Waals surface area contributed by atoms with Crippen LogP contribution in [0.5, 0.6) is 0 Å². The van der Waals surface area contributed by atoms with Gasteiger partial charge in [-0.05, 0) is 13.3 Å². The molecule has 96 valence electrons. The van der Waals surface area contributed by atoms with Gasteiger partial charge in [0, 0.05) is 31.4 Å². The van der Waals surface area contributed by atoms with Gasteiger partial charge in [-0.25, -0.2) is 15.0 Å². The summed E-state index contributed by atoms with van der Waals surface area (Å²) in [6.07, 6.45) is 5.59. The van der Waals surface area contributed by atoms with Crippen LogP contribution in [0, 0.1) is 6.92 Å². The normalized spacial score (nSPS) is 10.6. The molecule has 0 radical (unpaired) electrons. The van der Waals surface area contributed by atoms with E-state index in [2.05, 4.69) is 34.1 Å². The Bertz CT molecular complexity index is 518. The summed E-state index contributed by atoms with van der Waals surface area (Å²) in [4.78, 5) is 13.2. The van der Waals surface area contributed by atoms with Crippen LogP contribution in [0.15, 0.2) is 18.5 Å². The molecule has 0 aliphatic heterocycles. The lowest BCUT2D eigenvalue weighted by molar-refractivity contribution is 0.861.